The molecule has 17 heavy (non-hydrogen) atoms. The van der Waals surface area contributed by atoms with Crippen molar-refractivity contribution in [2.45, 2.75) is 6.54 Å². The van der Waals surface area contributed by atoms with E-state index in [4.69, 9.17) is 5.73 Å². The average molecular weight is 247 g/mol. The number of rotatable bonds is 3. The van der Waals surface area contributed by atoms with Gasteiger partial charge < -0.3 is 10.6 Å². The molecule has 2 aromatic rings. The minimum absolute atomic E-state index is 0.101. The van der Waals surface area contributed by atoms with Crippen LogP contribution < -0.4 is 5.73 Å². The summed E-state index contributed by atoms with van der Waals surface area (Å²) in [6.07, 6.45) is 1.49. The third kappa shape index (κ3) is 2.82. The SMILES string of the molecule is CN(Cc1ccsc1)C(=O)c1ccc(N)cn1. The second-order valence-electron chi connectivity index (χ2n) is 3.77. The molecule has 0 bridgehead atoms. The molecule has 0 unspecified atom stereocenters. The number of hydrogen-bond donors (Lipinski definition) is 1. The van der Waals surface area contributed by atoms with Crippen LogP contribution in [-0.2, 0) is 6.54 Å². The van der Waals surface area contributed by atoms with E-state index in [0.717, 1.165) is 5.56 Å². The first-order valence-electron chi connectivity index (χ1n) is 5.15. The number of carbonyl (C=O) groups is 1. The van der Waals surface area contributed by atoms with E-state index in [-0.39, 0.29) is 5.91 Å². The molecule has 5 heteroatoms. The van der Waals surface area contributed by atoms with Gasteiger partial charge >= 0.3 is 0 Å². The predicted molar refractivity (Wildman–Crippen MR) is 68.8 cm³/mol. The largest absolute Gasteiger partial charge is 0.397 e. The van der Waals surface area contributed by atoms with Gasteiger partial charge in [0, 0.05) is 13.6 Å². The maximum absolute atomic E-state index is 12.0. The lowest BCUT2D eigenvalue weighted by Gasteiger charge is -2.15. The molecule has 0 aliphatic carbocycles. The molecule has 0 atom stereocenters. The quantitative estimate of drug-likeness (QED) is 0.902. The highest BCUT2D eigenvalue weighted by atomic mass is 32.1. The van der Waals surface area contributed by atoms with Gasteiger partial charge in [0.1, 0.15) is 5.69 Å². The van der Waals surface area contributed by atoms with Crippen molar-refractivity contribution in [1.29, 1.82) is 0 Å². The zero-order valence-corrected chi connectivity index (χ0v) is 10.3. The van der Waals surface area contributed by atoms with Crippen LogP contribution in [0.4, 0.5) is 5.69 Å². The van der Waals surface area contributed by atoms with Gasteiger partial charge in [-0.05, 0) is 34.5 Å². The summed E-state index contributed by atoms with van der Waals surface area (Å²) in [4.78, 5) is 17.7. The molecule has 0 radical (unpaired) electrons. The Bertz CT molecular complexity index is 493. The number of carbonyl (C=O) groups excluding carboxylic acids is 1. The monoisotopic (exact) mass is 247 g/mol. The Hall–Kier alpha value is -1.88. The maximum Gasteiger partial charge on any atom is 0.272 e. The van der Waals surface area contributed by atoms with Crippen LogP contribution in [0.15, 0.2) is 35.2 Å². The van der Waals surface area contributed by atoms with Crippen LogP contribution >= 0.6 is 11.3 Å². The zero-order valence-electron chi connectivity index (χ0n) is 9.46. The lowest BCUT2D eigenvalue weighted by atomic mass is 10.2. The number of nitrogens with zero attached hydrogens (tertiary/aromatic N) is 2. The number of hydrogen-bond acceptors (Lipinski definition) is 4. The molecule has 0 saturated carbocycles. The van der Waals surface area contributed by atoms with Crippen LogP contribution in [0.2, 0.25) is 0 Å². The van der Waals surface area contributed by atoms with Gasteiger partial charge in [0.05, 0.1) is 11.9 Å². The van der Waals surface area contributed by atoms with E-state index in [0.29, 0.717) is 17.9 Å². The van der Waals surface area contributed by atoms with Gasteiger partial charge in [-0.3, -0.25) is 4.79 Å². The number of thiophene rings is 1. The van der Waals surface area contributed by atoms with Crippen molar-refractivity contribution in [2.24, 2.45) is 0 Å². The van der Waals surface area contributed by atoms with Crippen molar-refractivity contribution in [3.05, 3.63) is 46.4 Å². The molecule has 1 amide bonds. The van der Waals surface area contributed by atoms with Gasteiger partial charge in [0.2, 0.25) is 0 Å². The Morgan fingerprint density at radius 3 is 2.88 bits per heavy atom. The molecular weight excluding hydrogens is 234 g/mol. The van der Waals surface area contributed by atoms with Crippen molar-refractivity contribution < 1.29 is 4.79 Å². The molecule has 2 aromatic heterocycles. The molecule has 0 fully saturated rings. The van der Waals surface area contributed by atoms with Gasteiger partial charge in [-0.15, -0.1) is 0 Å². The average Bonchev–Trinajstić information content (AvgIpc) is 2.82. The maximum atomic E-state index is 12.0. The molecule has 2 heterocycles. The van der Waals surface area contributed by atoms with E-state index >= 15 is 0 Å². The van der Waals surface area contributed by atoms with Crippen LogP contribution in [0.3, 0.4) is 0 Å². The van der Waals surface area contributed by atoms with E-state index in [2.05, 4.69) is 4.98 Å². The summed E-state index contributed by atoms with van der Waals surface area (Å²) in [7, 11) is 1.76. The summed E-state index contributed by atoms with van der Waals surface area (Å²) in [5.41, 5.74) is 7.62. The smallest absolute Gasteiger partial charge is 0.272 e. The first kappa shape index (κ1) is 11.6. The van der Waals surface area contributed by atoms with Crippen LogP contribution in [0.25, 0.3) is 0 Å². The van der Waals surface area contributed by atoms with Gasteiger partial charge in [-0.1, -0.05) is 0 Å². The Labute approximate surface area is 104 Å². The highest BCUT2D eigenvalue weighted by molar-refractivity contribution is 7.07. The zero-order chi connectivity index (χ0) is 12.3. The first-order chi connectivity index (χ1) is 8.16. The van der Waals surface area contributed by atoms with Gasteiger partial charge in [0.25, 0.3) is 5.91 Å². The van der Waals surface area contributed by atoms with Gasteiger partial charge in [-0.25, -0.2) is 4.98 Å². The lowest BCUT2D eigenvalue weighted by molar-refractivity contribution is 0.0779. The number of aromatic nitrogens is 1. The van der Waals surface area contributed by atoms with E-state index in [9.17, 15) is 4.79 Å². The van der Waals surface area contributed by atoms with Crippen molar-refractivity contribution in [3.63, 3.8) is 0 Å². The summed E-state index contributed by atoms with van der Waals surface area (Å²) < 4.78 is 0. The Morgan fingerprint density at radius 1 is 1.47 bits per heavy atom. The van der Waals surface area contributed by atoms with Crippen molar-refractivity contribution >= 4 is 22.9 Å². The van der Waals surface area contributed by atoms with E-state index in [1.807, 2.05) is 16.8 Å². The molecule has 2 rings (SSSR count). The third-order valence-corrected chi connectivity index (χ3v) is 3.08. The van der Waals surface area contributed by atoms with Gasteiger partial charge in [-0.2, -0.15) is 11.3 Å². The van der Waals surface area contributed by atoms with E-state index in [1.54, 1.807) is 35.4 Å². The highest BCUT2D eigenvalue weighted by Crippen LogP contribution is 2.10. The first-order valence-corrected chi connectivity index (χ1v) is 6.09. The van der Waals surface area contributed by atoms with E-state index < -0.39 is 0 Å². The van der Waals surface area contributed by atoms with Crippen molar-refractivity contribution in [1.82, 2.24) is 9.88 Å². The van der Waals surface area contributed by atoms with Crippen molar-refractivity contribution in [3.8, 4) is 0 Å². The lowest BCUT2D eigenvalue weighted by Crippen LogP contribution is -2.26. The van der Waals surface area contributed by atoms with Gasteiger partial charge in [0.15, 0.2) is 0 Å². The normalized spacial score (nSPS) is 10.2. The third-order valence-electron chi connectivity index (χ3n) is 2.35. The number of nitrogen functional groups attached to an aromatic ring is 1. The standard InChI is InChI=1S/C12H13N3OS/c1-15(7-9-4-5-17-8-9)12(16)11-3-2-10(13)6-14-11/h2-6,8H,7,13H2,1H3. The predicted octanol–water partition coefficient (Wildman–Crippen LogP) is 2.00. The fourth-order valence-corrected chi connectivity index (χ4v) is 2.12. The number of anilines is 1. The number of nitrogens with two attached hydrogens (primary N) is 1. The Balaban J connectivity index is 2.07. The summed E-state index contributed by atoms with van der Waals surface area (Å²) in [6.45, 7) is 0.592. The van der Waals surface area contributed by atoms with Crippen LogP contribution in [-0.4, -0.2) is 22.8 Å². The molecule has 88 valence electrons. The molecule has 4 nitrogen and oxygen atoms in total. The molecule has 0 aliphatic rings. The fraction of sp³-hybridized carbons (Fsp3) is 0.167. The molecule has 0 saturated heterocycles. The summed E-state index contributed by atoms with van der Waals surface area (Å²) in [5, 5.41) is 4.02. The number of amides is 1. The van der Waals surface area contributed by atoms with Crippen LogP contribution in [0.5, 0.6) is 0 Å². The topological polar surface area (TPSA) is 59.2 Å². The highest BCUT2D eigenvalue weighted by Gasteiger charge is 2.13. The summed E-state index contributed by atoms with van der Waals surface area (Å²) >= 11 is 1.62. The summed E-state index contributed by atoms with van der Waals surface area (Å²) in [6, 6.07) is 5.32. The molecular formula is C12H13N3OS. The summed E-state index contributed by atoms with van der Waals surface area (Å²) in [5.74, 6) is -0.101. The molecule has 0 aliphatic heterocycles. The van der Waals surface area contributed by atoms with E-state index in [1.165, 1.54) is 6.20 Å². The number of pyridine rings is 1. The minimum atomic E-state index is -0.101. The Kier molecular flexibility index (Phi) is 3.39. The second kappa shape index (κ2) is 4.97. The molecule has 2 N–H and O–H groups in total. The Morgan fingerprint density at radius 2 is 2.29 bits per heavy atom. The van der Waals surface area contributed by atoms with Crippen LogP contribution in [0, 0.1) is 0 Å². The second-order valence-corrected chi connectivity index (χ2v) is 4.55. The molecule has 0 spiro atoms. The fourth-order valence-electron chi connectivity index (χ4n) is 1.46. The molecule has 0 aromatic carbocycles. The van der Waals surface area contributed by atoms with Crippen molar-refractivity contribution in [2.75, 3.05) is 12.8 Å². The minimum Gasteiger partial charge on any atom is -0.397 e. The van der Waals surface area contributed by atoms with Crippen LogP contribution in [0.1, 0.15) is 16.1 Å².